The standard InChI is InChI=1S/C14H21N3O3S/c1-5-15-14(21)17-16-9-10-7-11(18-3)13(20-6-2)12(8-10)19-4/h7-9H,5-6H2,1-4H3,(H2,15,17,21)/b16-9+. The van der Waals surface area contributed by atoms with Gasteiger partial charge in [0.1, 0.15) is 0 Å². The molecule has 6 nitrogen and oxygen atoms in total. The van der Waals surface area contributed by atoms with Crippen molar-refractivity contribution in [1.82, 2.24) is 10.7 Å². The molecule has 1 aromatic carbocycles. The summed E-state index contributed by atoms with van der Waals surface area (Å²) in [5.74, 6) is 1.76. The molecule has 0 heterocycles. The molecule has 0 unspecified atom stereocenters. The highest BCUT2D eigenvalue weighted by Gasteiger charge is 2.13. The zero-order valence-electron chi connectivity index (χ0n) is 12.7. The third-order valence-corrected chi connectivity index (χ3v) is 2.72. The van der Waals surface area contributed by atoms with Gasteiger partial charge in [-0.25, -0.2) is 0 Å². The minimum Gasteiger partial charge on any atom is -0.493 e. The Bertz CT molecular complexity index is 481. The van der Waals surface area contributed by atoms with E-state index in [1.165, 1.54) is 0 Å². The molecule has 0 aromatic heterocycles. The number of thiocarbonyl (C=S) groups is 1. The molecule has 0 fully saturated rings. The first-order chi connectivity index (χ1) is 10.2. The highest BCUT2D eigenvalue weighted by molar-refractivity contribution is 7.80. The number of rotatable bonds is 7. The second-order valence-corrected chi connectivity index (χ2v) is 4.33. The maximum Gasteiger partial charge on any atom is 0.203 e. The predicted octanol–water partition coefficient (Wildman–Crippen LogP) is 1.92. The Morgan fingerprint density at radius 2 is 1.86 bits per heavy atom. The van der Waals surface area contributed by atoms with Crippen molar-refractivity contribution in [2.45, 2.75) is 13.8 Å². The zero-order valence-corrected chi connectivity index (χ0v) is 13.5. The Labute approximate surface area is 130 Å². The number of methoxy groups -OCH3 is 2. The summed E-state index contributed by atoms with van der Waals surface area (Å²) in [7, 11) is 3.16. The Morgan fingerprint density at radius 3 is 2.33 bits per heavy atom. The lowest BCUT2D eigenvalue weighted by Gasteiger charge is -2.14. The Kier molecular flexibility index (Phi) is 7.31. The van der Waals surface area contributed by atoms with Crippen molar-refractivity contribution in [3.8, 4) is 17.2 Å². The van der Waals surface area contributed by atoms with E-state index in [0.29, 0.717) is 29.0 Å². The monoisotopic (exact) mass is 311 g/mol. The van der Waals surface area contributed by atoms with Gasteiger partial charge in [0.25, 0.3) is 0 Å². The Balaban J connectivity index is 2.93. The van der Waals surface area contributed by atoms with E-state index >= 15 is 0 Å². The number of hydrogen-bond acceptors (Lipinski definition) is 5. The summed E-state index contributed by atoms with van der Waals surface area (Å²) in [5, 5.41) is 7.47. The van der Waals surface area contributed by atoms with E-state index < -0.39 is 0 Å². The fourth-order valence-corrected chi connectivity index (χ4v) is 1.82. The molecule has 0 aliphatic heterocycles. The van der Waals surface area contributed by atoms with Crippen molar-refractivity contribution in [3.63, 3.8) is 0 Å². The van der Waals surface area contributed by atoms with Crippen molar-refractivity contribution in [3.05, 3.63) is 17.7 Å². The van der Waals surface area contributed by atoms with Gasteiger partial charge in [-0.15, -0.1) is 0 Å². The molecular weight excluding hydrogens is 290 g/mol. The number of ether oxygens (including phenoxy) is 3. The molecule has 116 valence electrons. The molecule has 0 aliphatic carbocycles. The maximum atomic E-state index is 5.54. The molecule has 0 amide bonds. The van der Waals surface area contributed by atoms with E-state index in [4.69, 9.17) is 26.4 Å². The van der Waals surface area contributed by atoms with Crippen LogP contribution < -0.4 is 25.0 Å². The molecule has 0 saturated heterocycles. The largest absolute Gasteiger partial charge is 0.493 e. The van der Waals surface area contributed by atoms with Gasteiger partial charge >= 0.3 is 0 Å². The second-order valence-electron chi connectivity index (χ2n) is 3.92. The summed E-state index contributed by atoms with van der Waals surface area (Å²) in [4.78, 5) is 0. The summed E-state index contributed by atoms with van der Waals surface area (Å²) in [6.45, 7) is 5.13. The van der Waals surface area contributed by atoms with Crippen LogP contribution in [0.25, 0.3) is 0 Å². The van der Waals surface area contributed by atoms with Crippen LogP contribution in [0.2, 0.25) is 0 Å². The number of nitrogens with one attached hydrogen (secondary N) is 2. The first kappa shape index (κ1) is 17.0. The van der Waals surface area contributed by atoms with Gasteiger partial charge in [-0.3, -0.25) is 5.43 Å². The minimum atomic E-state index is 0.471. The van der Waals surface area contributed by atoms with Crippen LogP contribution in [-0.2, 0) is 0 Å². The van der Waals surface area contributed by atoms with Crippen LogP contribution in [0.1, 0.15) is 19.4 Å². The van der Waals surface area contributed by atoms with Gasteiger partial charge in [-0.1, -0.05) is 0 Å². The van der Waals surface area contributed by atoms with Crippen molar-refractivity contribution in [2.75, 3.05) is 27.4 Å². The van der Waals surface area contributed by atoms with Gasteiger partial charge in [0.2, 0.25) is 5.75 Å². The number of nitrogens with zero attached hydrogens (tertiary/aromatic N) is 1. The van der Waals surface area contributed by atoms with Gasteiger partial charge < -0.3 is 19.5 Å². The van der Waals surface area contributed by atoms with Crippen LogP contribution in [-0.4, -0.2) is 38.7 Å². The van der Waals surface area contributed by atoms with Gasteiger partial charge in [-0.05, 0) is 38.2 Å². The molecule has 0 aliphatic rings. The fraction of sp³-hybridized carbons (Fsp3) is 0.429. The average molecular weight is 311 g/mol. The molecular formula is C14H21N3O3S. The molecule has 0 atom stereocenters. The Hall–Kier alpha value is -2.02. The van der Waals surface area contributed by atoms with Crippen LogP contribution >= 0.6 is 12.2 Å². The lowest BCUT2D eigenvalue weighted by molar-refractivity contribution is 0.288. The summed E-state index contributed by atoms with van der Waals surface area (Å²) >= 11 is 5.02. The van der Waals surface area contributed by atoms with Crippen LogP contribution in [0, 0.1) is 0 Å². The first-order valence-electron chi connectivity index (χ1n) is 6.61. The van der Waals surface area contributed by atoms with E-state index in [1.807, 2.05) is 26.0 Å². The van der Waals surface area contributed by atoms with Gasteiger partial charge in [0.15, 0.2) is 16.6 Å². The summed E-state index contributed by atoms with van der Waals surface area (Å²) in [5.41, 5.74) is 3.53. The van der Waals surface area contributed by atoms with E-state index in [0.717, 1.165) is 12.1 Å². The molecule has 7 heteroatoms. The smallest absolute Gasteiger partial charge is 0.203 e. The number of hydrazone groups is 1. The molecule has 0 spiro atoms. The fourth-order valence-electron chi connectivity index (χ4n) is 1.63. The first-order valence-corrected chi connectivity index (χ1v) is 7.02. The van der Waals surface area contributed by atoms with Gasteiger partial charge in [0, 0.05) is 12.1 Å². The molecule has 0 bridgehead atoms. The molecule has 0 saturated carbocycles. The van der Waals surface area contributed by atoms with Crippen LogP contribution in [0.3, 0.4) is 0 Å². The summed E-state index contributed by atoms with van der Waals surface area (Å²) < 4.78 is 16.2. The topological polar surface area (TPSA) is 64.1 Å². The highest BCUT2D eigenvalue weighted by Crippen LogP contribution is 2.38. The third kappa shape index (κ3) is 5.11. The lowest BCUT2D eigenvalue weighted by Crippen LogP contribution is -2.31. The average Bonchev–Trinajstić information content (AvgIpc) is 2.48. The van der Waals surface area contributed by atoms with E-state index in [2.05, 4.69) is 15.8 Å². The lowest BCUT2D eigenvalue weighted by atomic mass is 10.2. The predicted molar refractivity (Wildman–Crippen MR) is 87.7 cm³/mol. The minimum absolute atomic E-state index is 0.471. The van der Waals surface area contributed by atoms with Crippen LogP contribution in [0.15, 0.2) is 17.2 Å². The quantitative estimate of drug-likeness (QED) is 0.456. The van der Waals surface area contributed by atoms with E-state index in [9.17, 15) is 0 Å². The second kappa shape index (κ2) is 9.02. The van der Waals surface area contributed by atoms with E-state index in [1.54, 1.807) is 20.4 Å². The summed E-state index contributed by atoms with van der Waals surface area (Å²) in [6, 6.07) is 3.63. The number of benzene rings is 1. The molecule has 21 heavy (non-hydrogen) atoms. The van der Waals surface area contributed by atoms with Crippen LogP contribution in [0.4, 0.5) is 0 Å². The molecule has 0 radical (unpaired) electrons. The molecule has 1 rings (SSSR count). The van der Waals surface area contributed by atoms with E-state index in [-0.39, 0.29) is 0 Å². The normalized spacial score (nSPS) is 10.3. The highest BCUT2D eigenvalue weighted by atomic mass is 32.1. The molecule has 2 N–H and O–H groups in total. The van der Waals surface area contributed by atoms with Crippen molar-refractivity contribution in [1.29, 1.82) is 0 Å². The SMILES string of the molecule is CCNC(=S)N/N=C/c1cc(OC)c(OCC)c(OC)c1. The van der Waals surface area contributed by atoms with Gasteiger partial charge in [0.05, 0.1) is 27.0 Å². The number of hydrogen-bond donors (Lipinski definition) is 2. The van der Waals surface area contributed by atoms with Gasteiger partial charge in [-0.2, -0.15) is 5.10 Å². The molecule has 1 aromatic rings. The van der Waals surface area contributed by atoms with Crippen molar-refractivity contribution < 1.29 is 14.2 Å². The maximum absolute atomic E-state index is 5.54. The van der Waals surface area contributed by atoms with Crippen LogP contribution in [0.5, 0.6) is 17.2 Å². The van der Waals surface area contributed by atoms with Crippen molar-refractivity contribution >= 4 is 23.5 Å². The Morgan fingerprint density at radius 1 is 1.24 bits per heavy atom. The summed E-state index contributed by atoms with van der Waals surface area (Å²) in [6.07, 6.45) is 1.63. The van der Waals surface area contributed by atoms with Crippen molar-refractivity contribution in [2.24, 2.45) is 5.10 Å². The zero-order chi connectivity index (χ0) is 15.7. The third-order valence-electron chi connectivity index (χ3n) is 2.49.